The molecule has 6 heteroatoms. The van der Waals surface area contributed by atoms with Gasteiger partial charge < -0.3 is 14.5 Å². The van der Waals surface area contributed by atoms with Crippen LogP contribution >= 0.6 is 0 Å². The van der Waals surface area contributed by atoms with Crippen LogP contribution in [0.25, 0.3) is 10.8 Å². The Morgan fingerprint density at radius 2 is 1.73 bits per heavy atom. The van der Waals surface area contributed by atoms with Crippen LogP contribution < -0.4 is 10.1 Å². The maximum absolute atomic E-state index is 12.6. The van der Waals surface area contributed by atoms with E-state index in [1.54, 1.807) is 12.1 Å². The van der Waals surface area contributed by atoms with Gasteiger partial charge in [-0.1, -0.05) is 60.7 Å². The van der Waals surface area contributed by atoms with Crippen molar-refractivity contribution in [3.63, 3.8) is 0 Å². The Bertz CT molecular complexity index is 1400. The number of nitrogens with one attached hydrogen (secondary N) is 1. The summed E-state index contributed by atoms with van der Waals surface area (Å²) in [4.78, 5) is 12.6. The van der Waals surface area contributed by atoms with E-state index < -0.39 is 0 Å². The molecule has 5 rings (SSSR count). The topological polar surface area (TPSA) is 69.3 Å². The molecule has 0 radical (unpaired) electrons. The average Bonchev–Trinajstić information content (AvgIpc) is 3.45. The maximum Gasteiger partial charge on any atom is 0.292 e. The molecule has 0 aliphatic heterocycles. The number of furan rings is 1. The number of hydrogen-bond acceptors (Lipinski definition) is 4. The number of carbonyl (C=O) groups excluding carboxylic acids is 1. The summed E-state index contributed by atoms with van der Waals surface area (Å²) in [6, 6.07) is 29.3. The molecule has 2 heterocycles. The van der Waals surface area contributed by atoms with Crippen LogP contribution in [0.15, 0.2) is 95.4 Å². The zero-order valence-corrected chi connectivity index (χ0v) is 18.2. The lowest BCUT2D eigenvalue weighted by Crippen LogP contribution is -2.12. The molecule has 1 N–H and O–H groups in total. The molecule has 0 saturated carbocycles. The highest BCUT2D eigenvalue weighted by atomic mass is 16.5. The van der Waals surface area contributed by atoms with Gasteiger partial charge in [0.15, 0.2) is 11.6 Å². The number of rotatable bonds is 7. The summed E-state index contributed by atoms with van der Waals surface area (Å²) in [6.45, 7) is 2.83. The Morgan fingerprint density at radius 1 is 0.939 bits per heavy atom. The molecule has 0 atom stereocenters. The number of ether oxygens (including phenoxy) is 1. The fraction of sp³-hybridized carbons (Fsp3) is 0.111. The van der Waals surface area contributed by atoms with Gasteiger partial charge in [0.25, 0.3) is 5.91 Å². The number of aryl methyl sites for hydroxylation is 1. The molecule has 1 amide bonds. The standard InChI is InChI=1S/C27H23N3O3/c1-19-15-26(29-30(19)17-20-7-3-2-4-8-20)28-27(31)25-14-13-24(33-25)18-32-23-12-11-21-9-5-6-10-22(21)16-23/h2-16H,17-18H2,1H3,(H,28,29,31). The van der Waals surface area contributed by atoms with E-state index in [1.807, 2.05) is 84.4 Å². The molecule has 0 bridgehead atoms. The molecule has 0 unspecified atom stereocenters. The van der Waals surface area contributed by atoms with Gasteiger partial charge in [0, 0.05) is 11.8 Å². The van der Waals surface area contributed by atoms with Crippen molar-refractivity contribution in [3.05, 3.63) is 114 Å². The number of fused-ring (bicyclic) bond motifs is 1. The molecule has 164 valence electrons. The molecule has 5 aromatic rings. The fourth-order valence-electron chi connectivity index (χ4n) is 3.65. The maximum atomic E-state index is 12.6. The second kappa shape index (κ2) is 9.04. The van der Waals surface area contributed by atoms with Crippen molar-refractivity contribution in [1.29, 1.82) is 0 Å². The Labute approximate surface area is 191 Å². The molecule has 0 fully saturated rings. The van der Waals surface area contributed by atoms with Crippen LogP contribution in [0, 0.1) is 6.92 Å². The first-order chi connectivity index (χ1) is 16.1. The van der Waals surface area contributed by atoms with Crippen LogP contribution in [0.2, 0.25) is 0 Å². The van der Waals surface area contributed by atoms with Crippen LogP contribution in [0.3, 0.4) is 0 Å². The lowest BCUT2D eigenvalue weighted by Gasteiger charge is -2.06. The average molecular weight is 437 g/mol. The van der Waals surface area contributed by atoms with Crippen molar-refractivity contribution < 1.29 is 13.9 Å². The van der Waals surface area contributed by atoms with Crippen molar-refractivity contribution in [1.82, 2.24) is 9.78 Å². The number of nitrogens with zero attached hydrogens (tertiary/aromatic N) is 2. The fourth-order valence-corrected chi connectivity index (χ4v) is 3.65. The smallest absolute Gasteiger partial charge is 0.292 e. The molecule has 2 aromatic heterocycles. The number of anilines is 1. The Balaban J connectivity index is 1.20. The van der Waals surface area contributed by atoms with E-state index >= 15 is 0 Å². The summed E-state index contributed by atoms with van der Waals surface area (Å²) in [5, 5.41) is 9.57. The minimum Gasteiger partial charge on any atom is -0.486 e. The minimum atomic E-state index is -0.351. The highest BCUT2D eigenvalue weighted by molar-refractivity contribution is 6.01. The first kappa shape index (κ1) is 20.6. The number of benzene rings is 3. The largest absolute Gasteiger partial charge is 0.486 e. The molecule has 0 aliphatic rings. The zero-order chi connectivity index (χ0) is 22.6. The van der Waals surface area contributed by atoms with Gasteiger partial charge in [-0.2, -0.15) is 5.10 Å². The van der Waals surface area contributed by atoms with E-state index in [2.05, 4.69) is 16.5 Å². The first-order valence-electron chi connectivity index (χ1n) is 10.7. The highest BCUT2D eigenvalue weighted by Gasteiger charge is 2.14. The van der Waals surface area contributed by atoms with Crippen molar-refractivity contribution >= 4 is 22.5 Å². The summed E-state index contributed by atoms with van der Waals surface area (Å²) >= 11 is 0. The van der Waals surface area contributed by atoms with E-state index in [9.17, 15) is 4.79 Å². The van der Waals surface area contributed by atoms with Crippen molar-refractivity contribution in [3.8, 4) is 5.75 Å². The van der Waals surface area contributed by atoms with Crippen LogP contribution in [-0.2, 0) is 13.2 Å². The molecular formula is C27H23N3O3. The molecule has 0 aliphatic carbocycles. The van der Waals surface area contributed by atoms with Gasteiger partial charge >= 0.3 is 0 Å². The summed E-state index contributed by atoms with van der Waals surface area (Å²) < 4.78 is 13.4. The highest BCUT2D eigenvalue weighted by Crippen LogP contribution is 2.22. The van der Waals surface area contributed by atoms with Gasteiger partial charge in [-0.3, -0.25) is 9.48 Å². The van der Waals surface area contributed by atoms with Crippen LogP contribution in [0.5, 0.6) is 5.75 Å². The summed E-state index contributed by atoms with van der Waals surface area (Å²) in [5.74, 6) is 1.66. The van der Waals surface area contributed by atoms with Gasteiger partial charge in [0.2, 0.25) is 0 Å². The zero-order valence-electron chi connectivity index (χ0n) is 18.2. The van der Waals surface area contributed by atoms with Gasteiger partial charge in [0.05, 0.1) is 6.54 Å². The Kier molecular flexibility index (Phi) is 5.64. The van der Waals surface area contributed by atoms with Gasteiger partial charge in [0.1, 0.15) is 18.1 Å². The summed E-state index contributed by atoms with van der Waals surface area (Å²) in [6.07, 6.45) is 0. The summed E-state index contributed by atoms with van der Waals surface area (Å²) in [7, 11) is 0. The Morgan fingerprint density at radius 3 is 2.58 bits per heavy atom. The molecule has 3 aromatic carbocycles. The van der Waals surface area contributed by atoms with Crippen LogP contribution in [-0.4, -0.2) is 15.7 Å². The molecule has 0 spiro atoms. The molecule has 6 nitrogen and oxygen atoms in total. The third-order valence-electron chi connectivity index (χ3n) is 5.39. The number of aromatic nitrogens is 2. The van der Waals surface area contributed by atoms with E-state index in [0.717, 1.165) is 27.8 Å². The Hall–Kier alpha value is -4.32. The molecule has 0 saturated heterocycles. The van der Waals surface area contributed by atoms with Gasteiger partial charge in [-0.25, -0.2) is 0 Å². The van der Waals surface area contributed by atoms with E-state index in [0.29, 0.717) is 18.1 Å². The number of hydrogen-bond donors (Lipinski definition) is 1. The van der Waals surface area contributed by atoms with Gasteiger partial charge in [-0.15, -0.1) is 0 Å². The predicted molar refractivity (Wildman–Crippen MR) is 127 cm³/mol. The second-order valence-corrected chi connectivity index (χ2v) is 7.83. The normalized spacial score (nSPS) is 10.9. The van der Waals surface area contributed by atoms with E-state index in [1.165, 1.54) is 0 Å². The van der Waals surface area contributed by atoms with Crippen LogP contribution in [0.1, 0.15) is 27.6 Å². The predicted octanol–water partition coefficient (Wildman–Crippen LogP) is 5.82. The third-order valence-corrected chi connectivity index (χ3v) is 5.39. The van der Waals surface area contributed by atoms with E-state index in [-0.39, 0.29) is 18.3 Å². The van der Waals surface area contributed by atoms with Crippen molar-refractivity contribution in [2.75, 3.05) is 5.32 Å². The lowest BCUT2D eigenvalue weighted by atomic mass is 10.1. The minimum absolute atomic E-state index is 0.211. The lowest BCUT2D eigenvalue weighted by molar-refractivity contribution is 0.0992. The number of amides is 1. The monoisotopic (exact) mass is 437 g/mol. The van der Waals surface area contributed by atoms with Crippen LogP contribution in [0.4, 0.5) is 5.82 Å². The molecule has 33 heavy (non-hydrogen) atoms. The number of carbonyl (C=O) groups is 1. The first-order valence-corrected chi connectivity index (χ1v) is 10.7. The second-order valence-electron chi connectivity index (χ2n) is 7.83. The summed E-state index contributed by atoms with van der Waals surface area (Å²) in [5.41, 5.74) is 2.10. The van der Waals surface area contributed by atoms with E-state index in [4.69, 9.17) is 9.15 Å². The molecular weight excluding hydrogens is 414 g/mol. The van der Waals surface area contributed by atoms with Crippen molar-refractivity contribution in [2.45, 2.75) is 20.1 Å². The SMILES string of the molecule is Cc1cc(NC(=O)c2ccc(COc3ccc4ccccc4c3)o2)nn1Cc1ccccc1. The van der Waals surface area contributed by atoms with Gasteiger partial charge in [-0.05, 0) is 47.5 Å². The quantitative estimate of drug-likeness (QED) is 0.348. The third kappa shape index (κ3) is 4.80. The van der Waals surface area contributed by atoms with Crippen molar-refractivity contribution in [2.24, 2.45) is 0 Å².